The van der Waals surface area contributed by atoms with Crippen LogP contribution in [0, 0.1) is 13.8 Å². The molecule has 0 unspecified atom stereocenters. The molecule has 0 aliphatic rings. The first-order chi connectivity index (χ1) is 20.1. The van der Waals surface area contributed by atoms with E-state index >= 15 is 0 Å². The van der Waals surface area contributed by atoms with Gasteiger partial charge in [0, 0.05) is 44.5 Å². The Morgan fingerprint density at radius 3 is 2.19 bits per heavy atom. The van der Waals surface area contributed by atoms with Gasteiger partial charge in [-0.2, -0.15) is 0 Å². The molecule has 224 valence electrons. The van der Waals surface area contributed by atoms with Crippen molar-refractivity contribution < 1.29 is 27.4 Å². The van der Waals surface area contributed by atoms with Crippen LogP contribution in [0.2, 0.25) is 0 Å². The van der Waals surface area contributed by atoms with Gasteiger partial charge in [0.2, 0.25) is 16.0 Å². The molecule has 2 atom stereocenters. The minimum Gasteiger partial charge on any atom is -0.494 e. The highest BCUT2D eigenvalue weighted by Crippen LogP contribution is 2.39. The van der Waals surface area contributed by atoms with Gasteiger partial charge in [-0.15, -0.1) is 10.2 Å². The van der Waals surface area contributed by atoms with E-state index in [9.17, 15) is 8.42 Å². The quantitative estimate of drug-likeness (QED) is 0.209. The monoisotopic (exact) mass is 597 g/mol. The molecule has 14 heteroatoms. The third-order valence-corrected chi connectivity index (χ3v) is 8.72. The maximum atomic E-state index is 14.2. The van der Waals surface area contributed by atoms with Crippen molar-refractivity contribution in [1.29, 1.82) is 0 Å². The number of rotatable bonds is 13. The number of sulfonamides is 1. The van der Waals surface area contributed by atoms with E-state index in [1.54, 1.807) is 54.5 Å². The SMILES string of the molecule is COCCO[C@H](c1ncc(C)cn1)[C@H](C)S(=O)(=O)N(C)c1nnc(-c2cncc(C)c2)n1-c1c(OC)cccc1OC. The van der Waals surface area contributed by atoms with Crippen LogP contribution in [0.5, 0.6) is 11.5 Å². The van der Waals surface area contributed by atoms with Crippen molar-refractivity contribution >= 4 is 16.0 Å². The van der Waals surface area contributed by atoms with Crippen molar-refractivity contribution in [3.05, 3.63) is 66.0 Å². The molecule has 0 amide bonds. The molecule has 4 aromatic rings. The molecule has 0 radical (unpaired) electrons. The summed E-state index contributed by atoms with van der Waals surface area (Å²) in [4.78, 5) is 13.0. The second-order valence-electron chi connectivity index (χ2n) is 9.54. The van der Waals surface area contributed by atoms with Crippen LogP contribution in [0.3, 0.4) is 0 Å². The standard InChI is InChI=1S/C28H35N7O6S/c1-18-13-21(17-29-14-18)27-32-33-28(35(27)24-22(39-6)9-8-10-23(24)40-7)34(4)42(36,37)20(3)25(41-12-11-38-5)26-30-15-19(2)16-31-26/h8-10,13-17,20,25H,11-12H2,1-7H3/t20-,25-/m0/s1. The predicted molar refractivity (Wildman–Crippen MR) is 157 cm³/mol. The molecule has 0 bridgehead atoms. The van der Waals surface area contributed by atoms with Gasteiger partial charge in [-0.1, -0.05) is 6.07 Å². The molecule has 4 rings (SSSR count). The molecule has 0 fully saturated rings. The van der Waals surface area contributed by atoms with Gasteiger partial charge in [0.1, 0.15) is 28.5 Å². The summed E-state index contributed by atoms with van der Waals surface area (Å²) in [7, 11) is 1.81. The summed E-state index contributed by atoms with van der Waals surface area (Å²) in [6.45, 7) is 5.69. The van der Waals surface area contributed by atoms with Crippen LogP contribution in [0.1, 0.15) is 30.0 Å². The second kappa shape index (κ2) is 13.2. The Labute approximate surface area is 245 Å². The largest absolute Gasteiger partial charge is 0.494 e. The van der Waals surface area contributed by atoms with Gasteiger partial charge in [0.05, 0.1) is 27.4 Å². The van der Waals surface area contributed by atoms with E-state index in [0.29, 0.717) is 28.6 Å². The molecule has 0 spiro atoms. The second-order valence-corrected chi connectivity index (χ2v) is 11.9. The fourth-order valence-corrected chi connectivity index (χ4v) is 5.71. The van der Waals surface area contributed by atoms with Crippen LogP contribution < -0.4 is 13.8 Å². The van der Waals surface area contributed by atoms with Crippen LogP contribution in [0.25, 0.3) is 17.1 Å². The molecular formula is C28H35N7O6S. The molecule has 0 saturated carbocycles. The van der Waals surface area contributed by atoms with E-state index in [4.69, 9.17) is 18.9 Å². The van der Waals surface area contributed by atoms with Crippen molar-refractivity contribution in [2.24, 2.45) is 0 Å². The van der Waals surface area contributed by atoms with E-state index < -0.39 is 21.4 Å². The van der Waals surface area contributed by atoms with Gasteiger partial charge in [0.15, 0.2) is 11.6 Å². The van der Waals surface area contributed by atoms with Gasteiger partial charge in [-0.3, -0.25) is 9.55 Å². The third-order valence-electron chi connectivity index (χ3n) is 6.60. The number of nitrogens with zero attached hydrogens (tertiary/aromatic N) is 7. The number of para-hydroxylation sites is 1. The van der Waals surface area contributed by atoms with Gasteiger partial charge in [0.25, 0.3) is 0 Å². The number of pyridine rings is 1. The maximum absolute atomic E-state index is 14.2. The van der Waals surface area contributed by atoms with Crippen LogP contribution in [-0.2, 0) is 19.5 Å². The summed E-state index contributed by atoms with van der Waals surface area (Å²) in [5, 5.41) is 7.62. The van der Waals surface area contributed by atoms with Crippen LogP contribution in [-0.4, -0.2) is 85.0 Å². The summed E-state index contributed by atoms with van der Waals surface area (Å²) in [6, 6.07) is 7.13. The predicted octanol–water partition coefficient (Wildman–Crippen LogP) is 3.31. The summed E-state index contributed by atoms with van der Waals surface area (Å²) < 4.78 is 53.6. The van der Waals surface area contributed by atoms with E-state index in [1.807, 2.05) is 19.9 Å². The highest BCUT2D eigenvalue weighted by Gasteiger charge is 2.39. The van der Waals surface area contributed by atoms with Gasteiger partial charge >= 0.3 is 0 Å². The molecule has 0 aliphatic carbocycles. The molecule has 3 heterocycles. The molecule has 0 aliphatic heterocycles. The van der Waals surface area contributed by atoms with Crippen molar-refractivity contribution in [2.45, 2.75) is 32.1 Å². The number of anilines is 1. The molecule has 0 N–H and O–H groups in total. The zero-order valence-corrected chi connectivity index (χ0v) is 25.5. The minimum absolute atomic E-state index is 0.00150. The highest BCUT2D eigenvalue weighted by atomic mass is 32.2. The summed E-state index contributed by atoms with van der Waals surface area (Å²) in [6.07, 6.45) is 5.58. The molecule has 3 aromatic heterocycles. The lowest BCUT2D eigenvalue weighted by atomic mass is 10.2. The summed E-state index contributed by atoms with van der Waals surface area (Å²) in [5.74, 6) is 1.42. The lowest BCUT2D eigenvalue weighted by molar-refractivity contribution is 0.0118. The number of hydrogen-bond acceptors (Lipinski definition) is 11. The zero-order valence-electron chi connectivity index (χ0n) is 24.7. The molecule has 42 heavy (non-hydrogen) atoms. The van der Waals surface area contributed by atoms with Crippen molar-refractivity contribution in [3.63, 3.8) is 0 Å². The van der Waals surface area contributed by atoms with Gasteiger partial charge < -0.3 is 18.9 Å². The molecule has 13 nitrogen and oxygen atoms in total. The number of aryl methyl sites for hydroxylation is 2. The fraction of sp³-hybridized carbons (Fsp3) is 0.393. The Hall–Kier alpha value is -4.14. The van der Waals surface area contributed by atoms with Crippen molar-refractivity contribution in [1.82, 2.24) is 29.7 Å². The molecular weight excluding hydrogens is 562 g/mol. The van der Waals surface area contributed by atoms with E-state index in [-0.39, 0.29) is 25.0 Å². The van der Waals surface area contributed by atoms with Crippen molar-refractivity contribution in [3.8, 4) is 28.6 Å². The van der Waals surface area contributed by atoms with E-state index in [2.05, 4.69) is 25.1 Å². The Morgan fingerprint density at radius 1 is 0.929 bits per heavy atom. The smallest absolute Gasteiger partial charge is 0.245 e. The number of aromatic nitrogens is 6. The number of ether oxygens (including phenoxy) is 4. The lowest BCUT2D eigenvalue weighted by Gasteiger charge is -2.28. The van der Waals surface area contributed by atoms with Gasteiger partial charge in [-0.05, 0) is 50.1 Å². The van der Waals surface area contributed by atoms with Crippen LogP contribution in [0.4, 0.5) is 5.95 Å². The van der Waals surface area contributed by atoms with Gasteiger partial charge in [-0.25, -0.2) is 22.7 Å². The Kier molecular flexibility index (Phi) is 9.70. The number of benzene rings is 1. The summed E-state index contributed by atoms with van der Waals surface area (Å²) >= 11 is 0. The lowest BCUT2D eigenvalue weighted by Crippen LogP contribution is -2.40. The average molecular weight is 598 g/mol. The van der Waals surface area contributed by atoms with Crippen LogP contribution >= 0.6 is 0 Å². The first kappa shape index (κ1) is 30.8. The molecule has 0 saturated heterocycles. The van der Waals surface area contributed by atoms with Crippen molar-refractivity contribution in [2.75, 3.05) is 45.9 Å². The summed E-state index contributed by atoms with van der Waals surface area (Å²) in [5.41, 5.74) is 2.76. The highest BCUT2D eigenvalue weighted by molar-refractivity contribution is 7.93. The molecule has 1 aromatic carbocycles. The number of methoxy groups -OCH3 is 3. The Morgan fingerprint density at radius 2 is 1.60 bits per heavy atom. The Balaban J connectivity index is 1.87. The number of hydrogen-bond donors (Lipinski definition) is 0. The third kappa shape index (κ3) is 6.20. The average Bonchev–Trinajstić information content (AvgIpc) is 3.43. The topological polar surface area (TPSA) is 144 Å². The first-order valence-electron chi connectivity index (χ1n) is 13.1. The van der Waals surface area contributed by atoms with E-state index in [0.717, 1.165) is 15.4 Å². The maximum Gasteiger partial charge on any atom is 0.245 e. The Bertz CT molecular complexity index is 1590. The zero-order chi connectivity index (χ0) is 30.4. The first-order valence-corrected chi connectivity index (χ1v) is 14.6. The normalized spacial score (nSPS) is 13.0. The van der Waals surface area contributed by atoms with Crippen LogP contribution in [0.15, 0.2) is 49.1 Å². The van der Waals surface area contributed by atoms with E-state index in [1.165, 1.54) is 28.4 Å². The fourth-order valence-electron chi connectivity index (χ4n) is 4.35. The minimum atomic E-state index is -4.17.